The second-order valence-electron chi connectivity index (χ2n) is 4.65. The van der Waals surface area contributed by atoms with Crippen LogP contribution < -0.4 is 0 Å². The molecule has 1 N–H and O–H groups in total. The number of hydrogen-bond acceptors (Lipinski definition) is 2. The Balaban J connectivity index is 2.24. The molecule has 0 heterocycles. The molecule has 2 aromatic rings. The molecule has 0 amide bonds. The molecule has 2 heteroatoms. The van der Waals surface area contributed by atoms with Gasteiger partial charge in [-0.3, -0.25) is 4.79 Å². The number of unbranched alkanes of at least 4 members (excludes halogenated alkanes) is 1. The topological polar surface area (TPSA) is 37.3 Å². The third kappa shape index (κ3) is 3.22. The van der Waals surface area contributed by atoms with E-state index in [0.717, 1.165) is 24.8 Å². The Morgan fingerprint density at radius 1 is 1.11 bits per heavy atom. The molecule has 2 nitrogen and oxygen atoms in total. The van der Waals surface area contributed by atoms with E-state index in [0.29, 0.717) is 11.1 Å². The van der Waals surface area contributed by atoms with Crippen molar-refractivity contribution >= 4 is 5.78 Å². The number of ketones is 1. The number of aryl methyl sites for hydroxylation is 1. The first-order valence-electron chi connectivity index (χ1n) is 6.64. The van der Waals surface area contributed by atoms with Gasteiger partial charge in [0.2, 0.25) is 0 Å². The van der Waals surface area contributed by atoms with Crippen LogP contribution in [0.2, 0.25) is 0 Å². The molecule has 2 aromatic carbocycles. The molecule has 0 radical (unpaired) electrons. The molecule has 0 aliphatic carbocycles. The molecule has 19 heavy (non-hydrogen) atoms. The van der Waals surface area contributed by atoms with Gasteiger partial charge in [-0.15, -0.1) is 0 Å². The van der Waals surface area contributed by atoms with Crippen molar-refractivity contribution in [2.75, 3.05) is 0 Å². The fourth-order valence-electron chi connectivity index (χ4n) is 2.05. The smallest absolute Gasteiger partial charge is 0.196 e. The zero-order valence-corrected chi connectivity index (χ0v) is 11.1. The van der Waals surface area contributed by atoms with Crippen LogP contribution in [0, 0.1) is 0 Å². The summed E-state index contributed by atoms with van der Waals surface area (Å²) in [7, 11) is 0. The number of benzene rings is 2. The molecule has 0 spiro atoms. The molecule has 0 atom stereocenters. The maximum Gasteiger partial charge on any atom is 0.196 e. The highest BCUT2D eigenvalue weighted by Crippen LogP contribution is 2.23. The first-order valence-corrected chi connectivity index (χ1v) is 6.64. The molecule has 98 valence electrons. The zero-order valence-electron chi connectivity index (χ0n) is 11.1. The predicted molar refractivity (Wildman–Crippen MR) is 76.6 cm³/mol. The van der Waals surface area contributed by atoms with E-state index in [9.17, 15) is 9.90 Å². The molecule has 0 fully saturated rings. The van der Waals surface area contributed by atoms with Gasteiger partial charge in [0, 0.05) is 5.56 Å². The van der Waals surface area contributed by atoms with Gasteiger partial charge < -0.3 is 5.11 Å². The normalized spacial score (nSPS) is 10.4. The molecule has 0 saturated heterocycles. The van der Waals surface area contributed by atoms with Gasteiger partial charge in [-0.25, -0.2) is 0 Å². The largest absolute Gasteiger partial charge is 0.507 e. The lowest BCUT2D eigenvalue weighted by atomic mass is 9.99. The summed E-state index contributed by atoms with van der Waals surface area (Å²) < 4.78 is 0. The van der Waals surface area contributed by atoms with Crippen molar-refractivity contribution < 1.29 is 9.90 Å². The van der Waals surface area contributed by atoms with Crippen molar-refractivity contribution in [3.05, 3.63) is 65.2 Å². The van der Waals surface area contributed by atoms with Crippen LogP contribution in [0.1, 0.15) is 41.3 Å². The number of phenols is 1. The molecule has 0 aliphatic rings. The van der Waals surface area contributed by atoms with Crippen LogP contribution in [0.4, 0.5) is 0 Å². The molecule has 0 aliphatic heterocycles. The quantitative estimate of drug-likeness (QED) is 0.820. The Labute approximate surface area is 113 Å². The Hall–Kier alpha value is -2.09. The number of carbonyl (C=O) groups excluding carboxylic acids is 1. The van der Waals surface area contributed by atoms with Gasteiger partial charge in [-0.05, 0) is 30.5 Å². The van der Waals surface area contributed by atoms with Gasteiger partial charge in [-0.2, -0.15) is 0 Å². The SMILES string of the molecule is CCCCc1ccc(C(=O)c2ccccc2)c(O)c1. The third-order valence-corrected chi connectivity index (χ3v) is 3.16. The number of phenolic OH excluding ortho intramolecular Hbond substituents is 1. The molecular weight excluding hydrogens is 236 g/mol. The number of aromatic hydroxyl groups is 1. The average Bonchev–Trinajstić information content (AvgIpc) is 2.45. The lowest BCUT2D eigenvalue weighted by molar-refractivity contribution is 0.103. The van der Waals surface area contributed by atoms with Gasteiger partial charge in [0.1, 0.15) is 5.75 Å². The van der Waals surface area contributed by atoms with E-state index in [2.05, 4.69) is 6.92 Å². The summed E-state index contributed by atoms with van der Waals surface area (Å²) in [5.41, 5.74) is 2.04. The van der Waals surface area contributed by atoms with E-state index in [1.165, 1.54) is 0 Å². The van der Waals surface area contributed by atoms with E-state index in [1.807, 2.05) is 24.3 Å². The van der Waals surface area contributed by atoms with Crippen LogP contribution in [0.3, 0.4) is 0 Å². The molecule has 0 saturated carbocycles. The minimum atomic E-state index is -0.139. The first kappa shape index (κ1) is 13.3. The Kier molecular flexibility index (Phi) is 4.35. The standard InChI is InChI=1S/C17H18O2/c1-2-3-7-13-10-11-15(16(18)12-13)17(19)14-8-5-4-6-9-14/h4-6,8-12,18H,2-3,7H2,1H3. The number of hydrogen-bond donors (Lipinski definition) is 1. The summed E-state index contributed by atoms with van der Waals surface area (Å²) in [6.45, 7) is 2.13. The van der Waals surface area contributed by atoms with Crippen molar-refractivity contribution in [2.24, 2.45) is 0 Å². The predicted octanol–water partition coefficient (Wildman–Crippen LogP) is 3.97. The van der Waals surface area contributed by atoms with Gasteiger partial charge in [0.15, 0.2) is 5.78 Å². The lowest BCUT2D eigenvalue weighted by Crippen LogP contribution is -2.01. The first-order chi connectivity index (χ1) is 9.22. The highest BCUT2D eigenvalue weighted by molar-refractivity contribution is 6.10. The van der Waals surface area contributed by atoms with E-state index >= 15 is 0 Å². The molecule has 0 bridgehead atoms. The highest BCUT2D eigenvalue weighted by Gasteiger charge is 2.13. The van der Waals surface area contributed by atoms with E-state index < -0.39 is 0 Å². The van der Waals surface area contributed by atoms with Crippen LogP contribution in [0.15, 0.2) is 48.5 Å². The monoisotopic (exact) mass is 254 g/mol. The molecule has 2 rings (SSSR count). The van der Waals surface area contributed by atoms with Crippen molar-refractivity contribution in [3.63, 3.8) is 0 Å². The van der Waals surface area contributed by atoms with E-state index in [-0.39, 0.29) is 11.5 Å². The molecule has 0 aromatic heterocycles. The van der Waals surface area contributed by atoms with Crippen LogP contribution in [-0.2, 0) is 6.42 Å². The Bertz CT molecular complexity index is 559. The fourth-order valence-corrected chi connectivity index (χ4v) is 2.05. The molecular formula is C17H18O2. The van der Waals surface area contributed by atoms with Crippen LogP contribution in [-0.4, -0.2) is 10.9 Å². The fraction of sp³-hybridized carbons (Fsp3) is 0.235. The second-order valence-corrected chi connectivity index (χ2v) is 4.65. The van der Waals surface area contributed by atoms with Gasteiger partial charge in [0.05, 0.1) is 5.56 Å². The summed E-state index contributed by atoms with van der Waals surface area (Å²) >= 11 is 0. The second kappa shape index (κ2) is 6.19. The van der Waals surface area contributed by atoms with Gasteiger partial charge in [0.25, 0.3) is 0 Å². The summed E-state index contributed by atoms with van der Waals surface area (Å²) in [5.74, 6) is -0.0670. The van der Waals surface area contributed by atoms with Crippen molar-refractivity contribution in [1.82, 2.24) is 0 Å². The summed E-state index contributed by atoms with van der Waals surface area (Å²) in [5, 5.41) is 10.0. The van der Waals surface area contributed by atoms with Crippen LogP contribution in [0.5, 0.6) is 5.75 Å². The molecule has 0 unspecified atom stereocenters. The van der Waals surface area contributed by atoms with Crippen molar-refractivity contribution in [3.8, 4) is 5.75 Å². The third-order valence-electron chi connectivity index (χ3n) is 3.16. The number of rotatable bonds is 5. The number of carbonyl (C=O) groups is 1. The van der Waals surface area contributed by atoms with Gasteiger partial charge in [-0.1, -0.05) is 49.7 Å². The summed E-state index contributed by atoms with van der Waals surface area (Å²) in [6.07, 6.45) is 3.14. The van der Waals surface area contributed by atoms with E-state index in [1.54, 1.807) is 24.3 Å². The average molecular weight is 254 g/mol. The summed E-state index contributed by atoms with van der Waals surface area (Å²) in [6, 6.07) is 14.4. The van der Waals surface area contributed by atoms with Crippen LogP contribution >= 0.6 is 0 Å². The Morgan fingerprint density at radius 2 is 1.84 bits per heavy atom. The lowest BCUT2D eigenvalue weighted by Gasteiger charge is -2.06. The van der Waals surface area contributed by atoms with E-state index in [4.69, 9.17) is 0 Å². The summed E-state index contributed by atoms with van der Waals surface area (Å²) in [4.78, 5) is 12.2. The minimum absolute atomic E-state index is 0.0717. The van der Waals surface area contributed by atoms with Crippen LogP contribution in [0.25, 0.3) is 0 Å². The van der Waals surface area contributed by atoms with Crippen molar-refractivity contribution in [2.45, 2.75) is 26.2 Å². The highest BCUT2D eigenvalue weighted by atomic mass is 16.3. The minimum Gasteiger partial charge on any atom is -0.507 e. The maximum absolute atomic E-state index is 12.2. The van der Waals surface area contributed by atoms with Gasteiger partial charge >= 0.3 is 0 Å². The maximum atomic E-state index is 12.2. The zero-order chi connectivity index (χ0) is 13.7. The Morgan fingerprint density at radius 3 is 2.47 bits per heavy atom. The van der Waals surface area contributed by atoms with Crippen molar-refractivity contribution in [1.29, 1.82) is 0 Å².